The number of hydrogen-bond acceptors (Lipinski definition) is 5. The second-order valence-corrected chi connectivity index (χ2v) is 6.19. The minimum Gasteiger partial charge on any atom is -0.397 e. The molecule has 4 N–H and O–H groups in total. The van der Waals surface area contributed by atoms with Crippen molar-refractivity contribution in [3.05, 3.63) is 93.8 Å². The summed E-state index contributed by atoms with van der Waals surface area (Å²) in [6, 6.07) is 12.7. The molecule has 0 radical (unpaired) electrons. The smallest absolute Gasteiger partial charge is 0.196 e. The van der Waals surface area contributed by atoms with Gasteiger partial charge in [-0.25, -0.2) is 4.39 Å². The Morgan fingerprint density at radius 1 is 0.741 bits per heavy atom. The molecule has 6 heteroatoms. The van der Waals surface area contributed by atoms with E-state index in [1.807, 2.05) is 0 Å². The van der Waals surface area contributed by atoms with Gasteiger partial charge in [-0.3, -0.25) is 14.4 Å². The van der Waals surface area contributed by atoms with Crippen LogP contribution in [-0.4, -0.2) is 17.3 Å². The van der Waals surface area contributed by atoms with E-state index in [0.717, 1.165) is 6.07 Å². The van der Waals surface area contributed by atoms with Crippen molar-refractivity contribution in [2.45, 2.75) is 0 Å². The maximum absolute atomic E-state index is 14.1. The third kappa shape index (κ3) is 2.34. The number of anilines is 2. The van der Waals surface area contributed by atoms with Gasteiger partial charge in [-0.05, 0) is 24.3 Å². The Balaban J connectivity index is 1.96. The summed E-state index contributed by atoms with van der Waals surface area (Å²) < 4.78 is 14.1. The van der Waals surface area contributed by atoms with Crippen LogP contribution in [0.2, 0.25) is 0 Å². The van der Waals surface area contributed by atoms with Crippen molar-refractivity contribution in [1.29, 1.82) is 0 Å². The Morgan fingerprint density at radius 2 is 1.37 bits per heavy atom. The monoisotopic (exact) mass is 360 g/mol. The van der Waals surface area contributed by atoms with E-state index in [1.165, 1.54) is 48.5 Å². The molecule has 1 aliphatic rings. The van der Waals surface area contributed by atoms with Crippen LogP contribution in [0.15, 0.2) is 54.6 Å². The predicted molar refractivity (Wildman–Crippen MR) is 98.4 cm³/mol. The van der Waals surface area contributed by atoms with Crippen LogP contribution in [0.1, 0.15) is 47.8 Å². The van der Waals surface area contributed by atoms with Crippen LogP contribution in [-0.2, 0) is 0 Å². The lowest BCUT2D eigenvalue weighted by molar-refractivity contribution is 0.0971. The fourth-order valence-electron chi connectivity index (χ4n) is 3.30. The third-order valence-corrected chi connectivity index (χ3v) is 4.65. The standard InChI is InChI=1S/C21H13FN2O3/c22-14-7-2-1-4-10(14)19(25)11-5-3-6-12-16(11)20(26)13-8-9-15(23)18(24)17(13)21(12)27/h1-9H,23-24H2. The van der Waals surface area contributed by atoms with Gasteiger partial charge < -0.3 is 11.5 Å². The highest BCUT2D eigenvalue weighted by Crippen LogP contribution is 2.35. The van der Waals surface area contributed by atoms with E-state index in [9.17, 15) is 18.8 Å². The van der Waals surface area contributed by atoms with Gasteiger partial charge in [-0.2, -0.15) is 0 Å². The average molecular weight is 360 g/mol. The SMILES string of the molecule is Nc1ccc2c(c1N)C(=O)c1cccc(C(=O)c3ccccc3F)c1C2=O. The molecule has 0 amide bonds. The largest absolute Gasteiger partial charge is 0.397 e. The molecule has 1 aliphatic carbocycles. The fourth-order valence-corrected chi connectivity index (χ4v) is 3.30. The van der Waals surface area contributed by atoms with Crippen molar-refractivity contribution < 1.29 is 18.8 Å². The van der Waals surface area contributed by atoms with E-state index in [-0.39, 0.29) is 44.8 Å². The molecule has 0 saturated heterocycles. The van der Waals surface area contributed by atoms with E-state index in [0.29, 0.717) is 0 Å². The Kier molecular flexibility index (Phi) is 3.63. The summed E-state index contributed by atoms with van der Waals surface area (Å²) >= 11 is 0. The Labute approximate surface area is 153 Å². The lowest BCUT2D eigenvalue weighted by atomic mass is 9.79. The highest BCUT2D eigenvalue weighted by Gasteiger charge is 2.35. The quantitative estimate of drug-likeness (QED) is 0.422. The van der Waals surface area contributed by atoms with E-state index >= 15 is 0 Å². The van der Waals surface area contributed by atoms with Gasteiger partial charge in [-0.15, -0.1) is 0 Å². The van der Waals surface area contributed by atoms with Crippen LogP contribution in [0.3, 0.4) is 0 Å². The van der Waals surface area contributed by atoms with Crippen LogP contribution in [0.25, 0.3) is 0 Å². The summed E-state index contributed by atoms with van der Waals surface area (Å²) in [4.78, 5) is 38.9. The van der Waals surface area contributed by atoms with Gasteiger partial charge in [0.05, 0.1) is 22.5 Å². The van der Waals surface area contributed by atoms with Crippen molar-refractivity contribution in [3.8, 4) is 0 Å². The molecule has 0 heterocycles. The predicted octanol–water partition coefficient (Wildman–Crippen LogP) is 3.00. The first-order valence-corrected chi connectivity index (χ1v) is 8.11. The van der Waals surface area contributed by atoms with Crippen LogP contribution >= 0.6 is 0 Å². The average Bonchev–Trinajstić information content (AvgIpc) is 2.67. The van der Waals surface area contributed by atoms with Crippen molar-refractivity contribution in [1.82, 2.24) is 0 Å². The first kappa shape index (κ1) is 16.7. The molecule has 3 aromatic carbocycles. The maximum atomic E-state index is 14.1. The molecular formula is C21H13FN2O3. The number of halogens is 1. The van der Waals surface area contributed by atoms with Crippen molar-refractivity contribution >= 4 is 28.7 Å². The van der Waals surface area contributed by atoms with Crippen molar-refractivity contribution in [3.63, 3.8) is 0 Å². The van der Waals surface area contributed by atoms with Gasteiger partial charge >= 0.3 is 0 Å². The molecule has 132 valence electrons. The number of hydrogen-bond donors (Lipinski definition) is 2. The summed E-state index contributed by atoms with van der Waals surface area (Å²) in [5, 5.41) is 0. The molecule has 3 aromatic rings. The number of carbonyl (C=O) groups is 3. The third-order valence-electron chi connectivity index (χ3n) is 4.65. The van der Waals surface area contributed by atoms with Gasteiger partial charge in [0, 0.05) is 22.3 Å². The zero-order valence-electron chi connectivity index (χ0n) is 14.0. The van der Waals surface area contributed by atoms with Gasteiger partial charge in [-0.1, -0.05) is 30.3 Å². The first-order valence-electron chi connectivity index (χ1n) is 8.11. The molecule has 0 aromatic heterocycles. The van der Waals surface area contributed by atoms with Crippen LogP contribution in [0.4, 0.5) is 15.8 Å². The van der Waals surface area contributed by atoms with Crippen LogP contribution in [0, 0.1) is 5.82 Å². The number of benzene rings is 3. The Morgan fingerprint density at radius 3 is 2.11 bits per heavy atom. The maximum Gasteiger partial charge on any atom is 0.196 e. The minimum absolute atomic E-state index is 0.0299. The zero-order chi connectivity index (χ0) is 19.3. The molecule has 0 spiro atoms. The molecule has 0 aliphatic heterocycles. The highest BCUT2D eigenvalue weighted by molar-refractivity contribution is 6.33. The highest BCUT2D eigenvalue weighted by atomic mass is 19.1. The Bertz CT molecular complexity index is 1170. The van der Waals surface area contributed by atoms with Gasteiger partial charge in [0.15, 0.2) is 17.3 Å². The number of nitrogen functional groups attached to an aromatic ring is 2. The number of nitrogens with two attached hydrogens (primary N) is 2. The summed E-state index contributed by atoms with van der Waals surface area (Å²) in [7, 11) is 0. The van der Waals surface area contributed by atoms with E-state index in [4.69, 9.17) is 11.5 Å². The minimum atomic E-state index is -0.702. The fraction of sp³-hybridized carbons (Fsp3) is 0. The van der Waals surface area contributed by atoms with Gasteiger partial charge in [0.25, 0.3) is 0 Å². The molecular weight excluding hydrogens is 347 g/mol. The van der Waals surface area contributed by atoms with Crippen LogP contribution < -0.4 is 11.5 Å². The van der Waals surface area contributed by atoms with E-state index in [2.05, 4.69) is 0 Å². The summed E-state index contributed by atoms with van der Waals surface area (Å²) in [5.41, 5.74) is 11.8. The summed E-state index contributed by atoms with van der Waals surface area (Å²) in [6.45, 7) is 0. The topological polar surface area (TPSA) is 103 Å². The number of rotatable bonds is 2. The van der Waals surface area contributed by atoms with Crippen molar-refractivity contribution in [2.24, 2.45) is 0 Å². The van der Waals surface area contributed by atoms with Gasteiger partial charge in [0.1, 0.15) is 5.82 Å². The molecule has 4 rings (SSSR count). The Hall–Kier alpha value is -3.80. The number of carbonyl (C=O) groups excluding carboxylic acids is 3. The van der Waals surface area contributed by atoms with E-state index < -0.39 is 23.2 Å². The van der Waals surface area contributed by atoms with Gasteiger partial charge in [0.2, 0.25) is 0 Å². The summed E-state index contributed by atoms with van der Waals surface area (Å²) in [5.74, 6) is -2.38. The normalized spacial score (nSPS) is 12.5. The van der Waals surface area contributed by atoms with E-state index in [1.54, 1.807) is 0 Å². The van der Waals surface area contributed by atoms with Crippen molar-refractivity contribution in [2.75, 3.05) is 11.5 Å². The number of ketones is 3. The lowest BCUT2D eigenvalue weighted by Gasteiger charge is -2.21. The molecule has 0 fully saturated rings. The zero-order valence-corrected chi connectivity index (χ0v) is 14.0. The van der Waals surface area contributed by atoms with Crippen LogP contribution in [0.5, 0.6) is 0 Å². The molecule has 0 saturated carbocycles. The molecule has 0 bridgehead atoms. The number of fused-ring (bicyclic) bond motifs is 2. The summed E-state index contributed by atoms with van der Waals surface area (Å²) in [6.07, 6.45) is 0. The molecule has 27 heavy (non-hydrogen) atoms. The molecule has 0 unspecified atom stereocenters. The lowest BCUT2D eigenvalue weighted by Crippen LogP contribution is -2.25. The second-order valence-electron chi connectivity index (χ2n) is 6.19. The molecule has 5 nitrogen and oxygen atoms in total. The molecule has 0 atom stereocenters. The first-order chi connectivity index (χ1) is 12.9. The second kappa shape index (κ2) is 5.88.